The van der Waals surface area contributed by atoms with Crippen molar-refractivity contribution >= 4 is 17.4 Å². The summed E-state index contributed by atoms with van der Waals surface area (Å²) in [7, 11) is 1.93. The maximum Gasteiger partial charge on any atom is 0.270 e. The van der Waals surface area contributed by atoms with Crippen molar-refractivity contribution in [3.05, 3.63) is 45.9 Å². The molecule has 0 atom stereocenters. The molecule has 0 radical (unpaired) electrons. The van der Waals surface area contributed by atoms with Crippen molar-refractivity contribution in [1.29, 1.82) is 0 Å². The van der Waals surface area contributed by atoms with Gasteiger partial charge in [-0.3, -0.25) is 10.1 Å². The zero-order valence-electron chi connectivity index (χ0n) is 13.9. The number of rotatable bonds is 8. The number of nitro groups is 1. The van der Waals surface area contributed by atoms with Crippen LogP contribution in [0.5, 0.6) is 0 Å². The Kier molecular flexibility index (Phi) is 6.36. The molecule has 1 aromatic carbocycles. The van der Waals surface area contributed by atoms with Gasteiger partial charge >= 0.3 is 0 Å². The first-order valence-corrected chi connectivity index (χ1v) is 8.42. The lowest BCUT2D eigenvalue weighted by Gasteiger charge is -2.10. The van der Waals surface area contributed by atoms with E-state index in [-0.39, 0.29) is 24.8 Å². The van der Waals surface area contributed by atoms with Gasteiger partial charge in [-0.05, 0) is 12.0 Å². The van der Waals surface area contributed by atoms with Crippen molar-refractivity contribution in [2.75, 3.05) is 13.2 Å². The van der Waals surface area contributed by atoms with Crippen LogP contribution in [0, 0.1) is 10.1 Å². The SMILES string of the molecule is CC(C)c1c(Sc2cccc([N+](=O)[O-])c2)nc(COCCO)n1C. The Morgan fingerprint density at radius 2 is 2.21 bits per heavy atom. The van der Waals surface area contributed by atoms with Gasteiger partial charge in [-0.1, -0.05) is 31.7 Å². The number of non-ortho nitro benzene ring substituents is 1. The largest absolute Gasteiger partial charge is 0.394 e. The fraction of sp³-hybridized carbons (Fsp3) is 0.438. The highest BCUT2D eigenvalue weighted by atomic mass is 32.2. The number of imidazole rings is 1. The number of hydrogen-bond acceptors (Lipinski definition) is 6. The Morgan fingerprint density at radius 1 is 1.46 bits per heavy atom. The van der Waals surface area contributed by atoms with Gasteiger partial charge in [0.05, 0.1) is 23.8 Å². The molecule has 0 unspecified atom stereocenters. The molecule has 0 aliphatic carbocycles. The number of aliphatic hydroxyl groups is 1. The summed E-state index contributed by atoms with van der Waals surface area (Å²) in [6, 6.07) is 6.52. The first-order valence-electron chi connectivity index (χ1n) is 7.60. The van der Waals surface area contributed by atoms with Crippen LogP contribution in [0.15, 0.2) is 34.2 Å². The molecule has 2 aromatic rings. The van der Waals surface area contributed by atoms with Gasteiger partial charge in [0.15, 0.2) is 0 Å². The lowest BCUT2D eigenvalue weighted by Crippen LogP contribution is -2.07. The van der Waals surface area contributed by atoms with E-state index in [1.807, 2.05) is 17.7 Å². The van der Waals surface area contributed by atoms with Gasteiger partial charge in [-0.2, -0.15) is 0 Å². The summed E-state index contributed by atoms with van der Waals surface area (Å²) in [5.41, 5.74) is 1.11. The van der Waals surface area contributed by atoms with E-state index in [4.69, 9.17) is 9.84 Å². The molecule has 0 saturated heterocycles. The highest BCUT2D eigenvalue weighted by Gasteiger charge is 2.19. The maximum atomic E-state index is 10.9. The maximum absolute atomic E-state index is 10.9. The smallest absolute Gasteiger partial charge is 0.270 e. The molecule has 8 heteroatoms. The van der Waals surface area contributed by atoms with Gasteiger partial charge in [-0.15, -0.1) is 0 Å². The van der Waals surface area contributed by atoms with Gasteiger partial charge in [0.2, 0.25) is 0 Å². The Morgan fingerprint density at radius 3 is 2.83 bits per heavy atom. The lowest BCUT2D eigenvalue weighted by atomic mass is 10.1. The predicted molar refractivity (Wildman–Crippen MR) is 91.3 cm³/mol. The predicted octanol–water partition coefficient (Wildman–Crippen LogP) is 3.11. The minimum atomic E-state index is -0.403. The second-order valence-electron chi connectivity index (χ2n) is 5.56. The van der Waals surface area contributed by atoms with E-state index in [1.165, 1.54) is 17.8 Å². The third-order valence-electron chi connectivity index (χ3n) is 3.45. The first-order chi connectivity index (χ1) is 11.4. The second-order valence-corrected chi connectivity index (χ2v) is 6.63. The number of ether oxygens (including phenoxy) is 1. The molecule has 0 amide bonds. The summed E-state index contributed by atoms with van der Waals surface area (Å²) in [6.45, 7) is 4.69. The Bertz CT molecular complexity index is 715. The van der Waals surface area contributed by atoms with Gasteiger partial charge < -0.3 is 14.4 Å². The highest BCUT2D eigenvalue weighted by molar-refractivity contribution is 7.99. The molecular formula is C16H21N3O4S. The standard InChI is InChI=1S/C16H21N3O4S/c1-11(2)15-16(17-14(18(15)3)10-23-8-7-20)24-13-6-4-5-12(9-13)19(21)22/h4-6,9,11,20H,7-8,10H2,1-3H3. The Hall–Kier alpha value is -1.90. The molecule has 0 spiro atoms. The molecule has 0 bridgehead atoms. The zero-order valence-corrected chi connectivity index (χ0v) is 14.7. The van der Waals surface area contributed by atoms with Crippen molar-refractivity contribution in [2.24, 2.45) is 7.05 Å². The monoisotopic (exact) mass is 351 g/mol. The quantitative estimate of drug-likeness (QED) is 0.446. The number of nitrogens with zero attached hydrogens (tertiary/aromatic N) is 3. The lowest BCUT2D eigenvalue weighted by molar-refractivity contribution is -0.385. The van der Waals surface area contributed by atoms with Gasteiger partial charge in [0.1, 0.15) is 17.5 Å². The average molecular weight is 351 g/mol. The second kappa shape index (κ2) is 8.27. The van der Waals surface area contributed by atoms with E-state index in [9.17, 15) is 10.1 Å². The number of aliphatic hydroxyl groups excluding tert-OH is 1. The summed E-state index contributed by atoms with van der Waals surface area (Å²) in [4.78, 5) is 15.9. The molecule has 24 heavy (non-hydrogen) atoms. The van der Waals surface area contributed by atoms with Crippen LogP contribution in [0.3, 0.4) is 0 Å². The minimum absolute atomic E-state index is 0.0310. The molecular weight excluding hydrogens is 330 g/mol. The molecule has 1 N–H and O–H groups in total. The summed E-state index contributed by atoms with van der Waals surface area (Å²) in [5.74, 6) is 1.01. The van der Waals surface area contributed by atoms with Crippen LogP contribution in [0.25, 0.3) is 0 Å². The van der Waals surface area contributed by atoms with Gasteiger partial charge in [-0.25, -0.2) is 4.98 Å². The minimum Gasteiger partial charge on any atom is -0.394 e. The van der Waals surface area contributed by atoms with Gasteiger partial charge in [0, 0.05) is 24.1 Å². The number of nitro benzene ring substituents is 1. The van der Waals surface area contributed by atoms with E-state index in [0.717, 1.165) is 21.4 Å². The third kappa shape index (κ3) is 4.34. The number of benzene rings is 1. The van der Waals surface area contributed by atoms with E-state index >= 15 is 0 Å². The van der Waals surface area contributed by atoms with Crippen LogP contribution in [-0.2, 0) is 18.4 Å². The normalized spacial score (nSPS) is 11.2. The Balaban J connectivity index is 2.30. The Labute approximate surface area is 144 Å². The molecule has 0 aliphatic heterocycles. The van der Waals surface area contributed by atoms with E-state index in [2.05, 4.69) is 18.8 Å². The summed E-state index contributed by atoms with van der Waals surface area (Å²) >= 11 is 1.41. The molecule has 0 aliphatic rings. The average Bonchev–Trinajstić information content (AvgIpc) is 2.83. The van der Waals surface area contributed by atoms with Crippen molar-refractivity contribution in [3.63, 3.8) is 0 Å². The first kappa shape index (κ1) is 18.4. The summed E-state index contributed by atoms with van der Waals surface area (Å²) in [6.07, 6.45) is 0. The molecule has 0 fully saturated rings. The summed E-state index contributed by atoms with van der Waals surface area (Å²) < 4.78 is 7.35. The van der Waals surface area contributed by atoms with Gasteiger partial charge in [0.25, 0.3) is 5.69 Å². The summed E-state index contributed by atoms with van der Waals surface area (Å²) in [5, 5.41) is 20.6. The van der Waals surface area contributed by atoms with Crippen LogP contribution in [0.4, 0.5) is 5.69 Å². The number of aromatic nitrogens is 2. The van der Waals surface area contributed by atoms with Crippen LogP contribution in [0.1, 0.15) is 31.3 Å². The topological polar surface area (TPSA) is 90.4 Å². The molecule has 1 aromatic heterocycles. The molecule has 130 valence electrons. The van der Waals surface area contributed by atoms with Crippen LogP contribution in [-0.4, -0.2) is 32.8 Å². The van der Waals surface area contributed by atoms with Crippen LogP contribution < -0.4 is 0 Å². The zero-order chi connectivity index (χ0) is 17.7. The van der Waals surface area contributed by atoms with Crippen molar-refractivity contribution in [3.8, 4) is 0 Å². The van der Waals surface area contributed by atoms with E-state index in [0.29, 0.717) is 6.61 Å². The van der Waals surface area contributed by atoms with Crippen molar-refractivity contribution < 1.29 is 14.8 Å². The van der Waals surface area contributed by atoms with Crippen LogP contribution in [0.2, 0.25) is 0 Å². The van der Waals surface area contributed by atoms with E-state index < -0.39 is 4.92 Å². The number of hydrogen-bond donors (Lipinski definition) is 1. The fourth-order valence-corrected chi connectivity index (χ4v) is 3.55. The molecule has 0 saturated carbocycles. The van der Waals surface area contributed by atoms with Crippen molar-refractivity contribution in [2.45, 2.75) is 36.3 Å². The molecule has 2 rings (SSSR count). The van der Waals surface area contributed by atoms with Crippen molar-refractivity contribution in [1.82, 2.24) is 9.55 Å². The highest BCUT2D eigenvalue weighted by Crippen LogP contribution is 2.35. The fourth-order valence-electron chi connectivity index (χ4n) is 2.37. The molecule has 1 heterocycles. The van der Waals surface area contributed by atoms with Crippen LogP contribution >= 0.6 is 11.8 Å². The van der Waals surface area contributed by atoms with E-state index in [1.54, 1.807) is 12.1 Å². The molecule has 7 nitrogen and oxygen atoms in total. The third-order valence-corrected chi connectivity index (χ3v) is 4.44.